The standard InChI is InChI=1S/2C10H19NO3.C9H15NO5.C9H17NO3.C8H14N2O4.C8H13NO5.C7H13NO3.C6H11NO3.8CH3/c1-6(2)5-9(14-8(4)13)10(11)7(3)12;1-5-6(2)10(14-8(4)13)9(11)7(3)12;1-6(12)9(10)8(15-7(2)13)3-4-14-5-11;1-5(2)9(13-7(4)12)8(10)6(3)11;1-4(11)8(10)6(3-7(9)13)14-5(2)12;1-5(11)8(9)7(3-13-4-10)14-6(2)12;1-4(9)7(8)5(2)11-6(3)10;1-4(8)6(7)3-10-5(2)9;;;;;;;;/h2*6,9-10H,5,11H2,1-4H3;5,8-9H,3-4,10H2,1-2H3;5,8-9H,10H2,1-4H3;6,8H,3,10H2,1-2H3,(H2,9,13);4,7-8H,3,9H2,1-2H3;5,7H,8H2,1-3H3;6H,3,7H2,1-2H3;8*1H3/q;;;;;;;;8*-1/p+8. The molecule has 0 aromatic rings. The Morgan fingerprint density at radius 3 is 0.912 bits per heavy atom. The number of Topliss-reactive ketones (excluding diaryl/α,β-unsaturated/α-hetero) is 8. The largest absolute Gasteiger partial charge is 0.468 e. The third-order valence-electron chi connectivity index (χ3n) is 14.0. The molecule has 0 aliphatic carbocycles. The summed E-state index contributed by atoms with van der Waals surface area (Å²) in [6.45, 7) is 35.5. The predicted octanol–water partition coefficient (Wildman–Crippen LogP) is -3.45. The lowest BCUT2D eigenvalue weighted by molar-refractivity contribution is -0.422. The molecule has 0 aromatic heterocycles. The topological polar surface area (TPSA) is 664 Å². The van der Waals surface area contributed by atoms with Crippen LogP contribution < -0.4 is 51.6 Å². The van der Waals surface area contributed by atoms with Gasteiger partial charge in [-0.2, -0.15) is 0 Å². The zero-order chi connectivity index (χ0) is 84.6. The molecular weight excluding hydrogens is 1490 g/mol. The monoisotopic (exact) mass is 1640 g/mol. The number of hydrogen-bond donors (Lipinski definition) is 9. The molecule has 0 bridgehead atoms. The number of nitrogens with two attached hydrogens (primary N) is 1. The average Bonchev–Trinajstić information content (AvgIpc) is 0.892. The Morgan fingerprint density at radius 2 is 0.628 bits per heavy atom. The predicted molar refractivity (Wildman–Crippen MR) is 418 cm³/mol. The first-order valence-electron chi connectivity index (χ1n) is 33.3. The van der Waals surface area contributed by atoms with Crippen LogP contribution in [0.25, 0.3) is 0 Å². The van der Waals surface area contributed by atoms with E-state index in [0.29, 0.717) is 18.8 Å². The second-order valence-corrected chi connectivity index (χ2v) is 24.8. The first-order chi connectivity index (χ1) is 47.9. The van der Waals surface area contributed by atoms with Crippen molar-refractivity contribution in [1.82, 2.24) is 0 Å². The minimum Gasteiger partial charge on any atom is -0.468 e. The van der Waals surface area contributed by atoms with E-state index in [-0.39, 0.29) is 193 Å². The van der Waals surface area contributed by atoms with Crippen LogP contribution in [0.4, 0.5) is 0 Å². The van der Waals surface area contributed by atoms with Crippen molar-refractivity contribution in [2.45, 2.75) is 276 Å². The number of esters is 8. The first kappa shape index (κ1) is 143. The minimum atomic E-state index is -0.859. The maximum atomic E-state index is 11.1. The van der Waals surface area contributed by atoms with Gasteiger partial charge in [0.15, 0.2) is 144 Å². The third kappa shape index (κ3) is 85.5. The zero-order valence-electron chi connectivity index (χ0n) is 74.1. The fourth-order valence-corrected chi connectivity index (χ4v) is 7.43. The Kier molecular flexibility index (Phi) is 103. The van der Waals surface area contributed by atoms with Gasteiger partial charge >= 0.3 is 47.8 Å². The van der Waals surface area contributed by atoms with Gasteiger partial charge in [0.05, 0.1) is 13.0 Å². The van der Waals surface area contributed by atoms with E-state index in [4.69, 9.17) is 38.9 Å². The number of quaternary nitrogens is 8. The summed E-state index contributed by atoms with van der Waals surface area (Å²) in [5.74, 6) is -4.36. The summed E-state index contributed by atoms with van der Waals surface area (Å²) in [5, 5.41) is 0. The van der Waals surface area contributed by atoms with Crippen LogP contribution in [0.2, 0.25) is 0 Å². The van der Waals surface area contributed by atoms with E-state index in [1.807, 2.05) is 41.5 Å². The van der Waals surface area contributed by atoms with Crippen molar-refractivity contribution in [2.75, 3.05) is 19.8 Å². The molecular formula is C75H153N9O29. The number of primary amides is 1. The van der Waals surface area contributed by atoms with E-state index in [9.17, 15) is 91.1 Å². The van der Waals surface area contributed by atoms with Crippen LogP contribution in [0.15, 0.2) is 0 Å². The van der Waals surface area contributed by atoms with Crippen molar-refractivity contribution in [3.05, 3.63) is 59.4 Å². The summed E-state index contributed by atoms with van der Waals surface area (Å²) in [4.78, 5) is 203. The van der Waals surface area contributed by atoms with Crippen LogP contribution in [0.1, 0.15) is 185 Å². The molecule has 1 amide bonds. The van der Waals surface area contributed by atoms with Gasteiger partial charge in [-0.3, -0.25) is 91.1 Å². The SMILES string of the molecule is CC(=O)OC(C(C)C)C([NH3+])C(C)=O.CC(=O)OC(C)C([NH3+])C(C)=O.CC(=O)OC(CC(C)C)C([NH3+])C(C)=O.CC(=O)OC(CC(N)=O)C([NH3+])C(C)=O.CC(=O)OC(CCOC=O)C([NH3+])C(C)=O.CC(=O)OC(COC=O)C([NH3+])C(C)=O.CC(=O)OCC([NH3+])C(C)=O.CCC(C)C(OC(C)=O)C([NH3+])C(C)=O.[CH3-].[CH3-].[CH3-].[CH3-].[CH3-].[CH3-].[CH3-].[CH3-]. The summed E-state index contributed by atoms with van der Waals surface area (Å²) in [7, 11) is 0. The molecule has 16 unspecified atom stereocenters. The van der Waals surface area contributed by atoms with Gasteiger partial charge in [-0.05, 0) is 37.5 Å². The van der Waals surface area contributed by atoms with Crippen LogP contribution in [0, 0.1) is 77.2 Å². The molecule has 0 aliphatic rings. The Bertz CT molecular complexity index is 2720. The van der Waals surface area contributed by atoms with E-state index in [2.05, 4.69) is 60.1 Å². The number of amides is 1. The highest BCUT2D eigenvalue weighted by Gasteiger charge is 2.35. The molecule has 0 rings (SSSR count). The highest BCUT2D eigenvalue weighted by Crippen LogP contribution is 2.15. The molecule has 0 heterocycles. The van der Waals surface area contributed by atoms with Gasteiger partial charge < -0.3 is 158 Å². The highest BCUT2D eigenvalue weighted by molar-refractivity contribution is 5.85. The number of hydrogen-bond acceptors (Lipinski definition) is 29. The maximum Gasteiger partial charge on any atom is 0.303 e. The first-order valence-corrected chi connectivity index (χ1v) is 33.3. The van der Waals surface area contributed by atoms with Gasteiger partial charge in [0.1, 0.15) is 6.61 Å². The quantitative estimate of drug-likeness (QED) is 0.00954. The molecule has 0 aliphatic heterocycles. The molecule has 38 heteroatoms. The van der Waals surface area contributed by atoms with Crippen molar-refractivity contribution in [1.29, 1.82) is 0 Å². The van der Waals surface area contributed by atoms with E-state index < -0.39 is 109 Å². The Hall–Kier alpha value is -8.79. The number of ketones is 8. The van der Waals surface area contributed by atoms with Crippen molar-refractivity contribution in [3.63, 3.8) is 0 Å². The van der Waals surface area contributed by atoms with Gasteiger partial charge in [-0.25, -0.2) is 0 Å². The van der Waals surface area contributed by atoms with Gasteiger partial charge in [0, 0.05) is 117 Å². The van der Waals surface area contributed by atoms with E-state index in [1.54, 1.807) is 6.92 Å². The number of ether oxygens (including phenoxy) is 10. The van der Waals surface area contributed by atoms with E-state index in [1.165, 1.54) is 111 Å². The smallest absolute Gasteiger partial charge is 0.303 e. The number of carbonyl (C=O) groups excluding carboxylic acids is 19. The highest BCUT2D eigenvalue weighted by atomic mass is 16.6. The second kappa shape index (κ2) is 81.2. The molecule has 0 aromatic carbocycles. The molecule has 0 spiro atoms. The third-order valence-corrected chi connectivity index (χ3v) is 14.0. The van der Waals surface area contributed by atoms with Crippen molar-refractivity contribution in [3.8, 4) is 0 Å². The lowest BCUT2D eigenvalue weighted by atomic mass is 9.94. The van der Waals surface area contributed by atoms with Gasteiger partial charge in [-0.1, -0.05) is 41.5 Å². The number of carbonyl (C=O) groups is 19. The summed E-state index contributed by atoms with van der Waals surface area (Å²) >= 11 is 0. The Morgan fingerprint density at radius 1 is 0.336 bits per heavy atom. The summed E-state index contributed by atoms with van der Waals surface area (Å²) in [6.07, 6.45) is -2.30. The van der Waals surface area contributed by atoms with Crippen LogP contribution in [-0.4, -0.2) is 224 Å². The molecule has 0 fully saturated rings. The molecule has 16 atom stereocenters. The van der Waals surface area contributed by atoms with Gasteiger partial charge in [0.2, 0.25) is 5.91 Å². The van der Waals surface area contributed by atoms with Crippen LogP contribution in [0.3, 0.4) is 0 Å². The normalized spacial score (nSPS) is 13.6. The molecule has 113 heavy (non-hydrogen) atoms. The fourth-order valence-electron chi connectivity index (χ4n) is 7.43. The Labute approximate surface area is 673 Å². The van der Waals surface area contributed by atoms with Crippen molar-refractivity contribution >= 4 is 113 Å². The Balaban J connectivity index is -0.0000000675. The molecule has 0 radical (unpaired) electrons. The zero-order valence-corrected chi connectivity index (χ0v) is 74.1. The van der Waals surface area contributed by atoms with Gasteiger partial charge in [-0.15, -0.1) is 0 Å². The maximum absolute atomic E-state index is 11.1. The molecule has 26 N–H and O–H groups in total. The molecule has 0 saturated heterocycles. The minimum absolute atomic E-state index is 0. The second-order valence-electron chi connectivity index (χ2n) is 24.8. The van der Waals surface area contributed by atoms with Crippen molar-refractivity contribution < 1.29 is 184 Å². The fraction of sp³-hybridized carbons (Fsp3) is 0.640. The molecule has 38 nitrogen and oxygen atoms in total. The van der Waals surface area contributed by atoms with Crippen molar-refractivity contribution in [2.24, 2.45) is 23.5 Å². The number of rotatable bonds is 38. The molecule has 0 saturated carbocycles. The van der Waals surface area contributed by atoms with E-state index >= 15 is 0 Å². The van der Waals surface area contributed by atoms with Crippen LogP contribution in [-0.2, 0) is 138 Å². The molecule has 672 valence electrons. The summed E-state index contributed by atoms with van der Waals surface area (Å²) in [5.41, 5.74) is 33.7. The lowest BCUT2D eigenvalue weighted by Gasteiger charge is -2.24. The summed E-state index contributed by atoms with van der Waals surface area (Å²) < 4.78 is 47.8. The average molecular weight is 1650 g/mol. The van der Waals surface area contributed by atoms with Crippen LogP contribution >= 0.6 is 0 Å². The van der Waals surface area contributed by atoms with E-state index in [0.717, 1.165) is 6.42 Å². The van der Waals surface area contributed by atoms with Gasteiger partial charge in [0.25, 0.3) is 12.9 Å². The lowest BCUT2D eigenvalue weighted by Crippen LogP contribution is -2.71. The summed E-state index contributed by atoms with van der Waals surface area (Å²) in [6, 6.07) is -4.39. The van der Waals surface area contributed by atoms with Crippen LogP contribution in [0.5, 0.6) is 0 Å².